The van der Waals surface area contributed by atoms with Crippen LogP contribution in [0.25, 0.3) is 0 Å². The Hall–Kier alpha value is -1.59. The molecule has 0 radical (unpaired) electrons. The highest BCUT2D eigenvalue weighted by molar-refractivity contribution is 5.74. The zero-order chi connectivity index (χ0) is 18.2. The second-order valence-corrected chi connectivity index (χ2v) is 7.33. The lowest BCUT2D eigenvalue weighted by atomic mass is 9.87. The molecule has 1 atom stereocenters. The van der Waals surface area contributed by atoms with E-state index in [9.17, 15) is 9.90 Å². The summed E-state index contributed by atoms with van der Waals surface area (Å²) in [5.74, 6) is 0.408. The molecular formula is C20H33N3O2. The number of aryl methyl sites for hydroxylation is 1. The van der Waals surface area contributed by atoms with Crippen LogP contribution in [0.4, 0.5) is 4.79 Å². The van der Waals surface area contributed by atoms with Crippen molar-refractivity contribution < 1.29 is 9.90 Å². The highest BCUT2D eigenvalue weighted by Gasteiger charge is 2.22. The maximum atomic E-state index is 12.2. The normalized spacial score (nSPS) is 21.8. The van der Waals surface area contributed by atoms with Crippen LogP contribution in [0, 0.1) is 5.92 Å². The van der Waals surface area contributed by atoms with Crippen molar-refractivity contribution in [2.45, 2.75) is 51.1 Å². The molecule has 1 fully saturated rings. The third-order valence-corrected chi connectivity index (χ3v) is 5.29. The van der Waals surface area contributed by atoms with Crippen LogP contribution in [-0.4, -0.2) is 49.3 Å². The van der Waals surface area contributed by atoms with Crippen LogP contribution in [0.2, 0.25) is 0 Å². The Bertz CT molecular complexity index is 522. The number of hydrogen-bond acceptors (Lipinski definition) is 3. The van der Waals surface area contributed by atoms with Crippen LogP contribution >= 0.6 is 0 Å². The number of carbonyl (C=O) groups is 1. The Morgan fingerprint density at radius 2 is 1.84 bits per heavy atom. The summed E-state index contributed by atoms with van der Waals surface area (Å²) in [6.45, 7) is 2.99. The topological polar surface area (TPSA) is 64.6 Å². The number of aliphatic hydroxyl groups is 1. The Labute approximate surface area is 151 Å². The van der Waals surface area contributed by atoms with E-state index in [1.165, 1.54) is 11.1 Å². The molecule has 140 valence electrons. The van der Waals surface area contributed by atoms with Crippen molar-refractivity contribution in [2.24, 2.45) is 5.92 Å². The van der Waals surface area contributed by atoms with E-state index in [-0.39, 0.29) is 24.7 Å². The number of amides is 2. The van der Waals surface area contributed by atoms with Crippen LogP contribution in [0.3, 0.4) is 0 Å². The van der Waals surface area contributed by atoms with Gasteiger partial charge in [-0.05, 0) is 63.2 Å². The number of nitrogens with zero attached hydrogens (tertiary/aromatic N) is 1. The summed E-state index contributed by atoms with van der Waals surface area (Å²) in [6.07, 6.45) is 4.92. The van der Waals surface area contributed by atoms with Gasteiger partial charge in [-0.3, -0.25) is 0 Å². The Kier molecular flexibility index (Phi) is 7.72. The highest BCUT2D eigenvalue weighted by Crippen LogP contribution is 2.23. The van der Waals surface area contributed by atoms with Crippen LogP contribution in [0.1, 0.15) is 49.8 Å². The Morgan fingerprint density at radius 1 is 1.20 bits per heavy atom. The molecule has 2 amide bonds. The van der Waals surface area contributed by atoms with E-state index in [0.717, 1.165) is 32.1 Å². The van der Waals surface area contributed by atoms with Crippen molar-refractivity contribution >= 4 is 6.03 Å². The molecule has 0 heterocycles. The summed E-state index contributed by atoms with van der Waals surface area (Å²) in [7, 11) is 4.07. The number of likely N-dealkylation sites (N-methyl/N-ethyl adjacent to an activating group) is 1. The summed E-state index contributed by atoms with van der Waals surface area (Å²) in [5, 5.41) is 15.3. The van der Waals surface area contributed by atoms with Gasteiger partial charge < -0.3 is 20.6 Å². The SMILES string of the molecule is CCc1ccc(C(CNC(=O)NC2CCC(CO)CC2)N(C)C)cc1. The zero-order valence-electron chi connectivity index (χ0n) is 15.8. The van der Waals surface area contributed by atoms with Gasteiger partial charge in [-0.1, -0.05) is 31.2 Å². The molecule has 0 aliphatic heterocycles. The molecule has 5 nitrogen and oxygen atoms in total. The van der Waals surface area contributed by atoms with Gasteiger partial charge in [-0.25, -0.2) is 4.79 Å². The molecule has 0 spiro atoms. The van der Waals surface area contributed by atoms with Crippen molar-refractivity contribution in [3.8, 4) is 0 Å². The van der Waals surface area contributed by atoms with E-state index in [1.807, 2.05) is 14.1 Å². The van der Waals surface area contributed by atoms with E-state index in [4.69, 9.17) is 0 Å². The summed E-state index contributed by atoms with van der Waals surface area (Å²) in [6, 6.07) is 8.91. The van der Waals surface area contributed by atoms with Crippen LogP contribution < -0.4 is 10.6 Å². The maximum Gasteiger partial charge on any atom is 0.315 e. The molecule has 1 aliphatic carbocycles. The third kappa shape index (κ3) is 6.01. The summed E-state index contributed by atoms with van der Waals surface area (Å²) < 4.78 is 0. The third-order valence-electron chi connectivity index (χ3n) is 5.29. The standard InChI is InChI=1S/C20H33N3O2/c1-4-15-5-9-17(10-6-15)19(23(2)3)13-21-20(25)22-18-11-7-16(14-24)8-12-18/h5-6,9-10,16,18-19,24H,4,7-8,11-14H2,1-3H3,(H2,21,22,25). The Morgan fingerprint density at radius 3 is 2.36 bits per heavy atom. The fourth-order valence-corrected chi connectivity index (χ4v) is 3.49. The average Bonchev–Trinajstić information content (AvgIpc) is 2.62. The number of aliphatic hydroxyl groups excluding tert-OH is 1. The molecule has 1 aromatic carbocycles. The minimum Gasteiger partial charge on any atom is -0.396 e. The van der Waals surface area contributed by atoms with Crippen molar-refractivity contribution in [1.82, 2.24) is 15.5 Å². The number of urea groups is 1. The van der Waals surface area contributed by atoms with Crippen LogP contribution in [0.15, 0.2) is 24.3 Å². The highest BCUT2D eigenvalue weighted by atomic mass is 16.3. The average molecular weight is 348 g/mol. The van der Waals surface area contributed by atoms with Crippen LogP contribution in [-0.2, 0) is 6.42 Å². The summed E-state index contributed by atoms with van der Waals surface area (Å²) >= 11 is 0. The number of rotatable bonds is 7. The van der Waals surface area contributed by atoms with Gasteiger partial charge in [0.15, 0.2) is 0 Å². The molecule has 1 aliphatic rings. The quantitative estimate of drug-likeness (QED) is 0.710. The number of carbonyl (C=O) groups excluding carboxylic acids is 1. The van der Waals surface area contributed by atoms with Crippen molar-refractivity contribution in [2.75, 3.05) is 27.2 Å². The smallest absolute Gasteiger partial charge is 0.315 e. The molecule has 25 heavy (non-hydrogen) atoms. The van der Waals surface area contributed by atoms with Crippen molar-refractivity contribution in [1.29, 1.82) is 0 Å². The first-order chi connectivity index (χ1) is 12.0. The van der Waals surface area contributed by atoms with E-state index in [1.54, 1.807) is 0 Å². The van der Waals surface area contributed by atoms with Gasteiger partial charge >= 0.3 is 6.03 Å². The monoisotopic (exact) mass is 347 g/mol. The van der Waals surface area contributed by atoms with E-state index in [0.29, 0.717) is 12.5 Å². The zero-order valence-corrected chi connectivity index (χ0v) is 15.8. The lowest BCUT2D eigenvalue weighted by molar-refractivity contribution is 0.174. The molecule has 3 N–H and O–H groups in total. The van der Waals surface area contributed by atoms with E-state index >= 15 is 0 Å². The van der Waals surface area contributed by atoms with E-state index < -0.39 is 0 Å². The van der Waals surface area contributed by atoms with Gasteiger partial charge in [0.1, 0.15) is 0 Å². The second kappa shape index (κ2) is 9.78. The number of benzene rings is 1. The van der Waals surface area contributed by atoms with Crippen molar-refractivity contribution in [3.63, 3.8) is 0 Å². The van der Waals surface area contributed by atoms with Gasteiger partial charge in [0.2, 0.25) is 0 Å². The molecular weight excluding hydrogens is 314 g/mol. The van der Waals surface area contributed by atoms with Gasteiger partial charge in [0.05, 0.1) is 6.04 Å². The molecule has 0 saturated heterocycles. The lowest BCUT2D eigenvalue weighted by Crippen LogP contribution is -2.46. The summed E-state index contributed by atoms with van der Waals surface area (Å²) in [5.41, 5.74) is 2.54. The minimum absolute atomic E-state index is 0.0931. The van der Waals surface area contributed by atoms with Gasteiger partial charge in [-0.15, -0.1) is 0 Å². The minimum atomic E-state index is -0.0931. The summed E-state index contributed by atoms with van der Waals surface area (Å²) in [4.78, 5) is 14.4. The first kappa shape index (κ1) is 19.7. The number of hydrogen-bond donors (Lipinski definition) is 3. The van der Waals surface area contributed by atoms with Gasteiger partial charge in [-0.2, -0.15) is 0 Å². The molecule has 0 bridgehead atoms. The number of nitrogens with one attached hydrogen (secondary N) is 2. The molecule has 1 unspecified atom stereocenters. The largest absolute Gasteiger partial charge is 0.396 e. The van der Waals surface area contributed by atoms with E-state index in [2.05, 4.69) is 46.7 Å². The first-order valence-electron chi connectivity index (χ1n) is 9.44. The molecule has 5 heteroatoms. The molecule has 1 aromatic rings. The fraction of sp³-hybridized carbons (Fsp3) is 0.650. The molecule has 0 aromatic heterocycles. The van der Waals surface area contributed by atoms with Crippen LogP contribution in [0.5, 0.6) is 0 Å². The lowest BCUT2D eigenvalue weighted by Gasteiger charge is -2.29. The second-order valence-electron chi connectivity index (χ2n) is 7.33. The maximum absolute atomic E-state index is 12.2. The van der Waals surface area contributed by atoms with Gasteiger partial charge in [0.25, 0.3) is 0 Å². The van der Waals surface area contributed by atoms with Crippen molar-refractivity contribution in [3.05, 3.63) is 35.4 Å². The predicted octanol–water partition coefficient (Wildman–Crippen LogP) is 2.70. The Balaban J connectivity index is 1.82. The predicted molar refractivity (Wildman–Crippen MR) is 102 cm³/mol. The first-order valence-corrected chi connectivity index (χ1v) is 9.44. The molecule has 2 rings (SSSR count). The van der Waals surface area contributed by atoms with Gasteiger partial charge in [0, 0.05) is 19.2 Å². The molecule has 1 saturated carbocycles. The fourth-order valence-electron chi connectivity index (χ4n) is 3.49.